The van der Waals surface area contributed by atoms with Crippen molar-refractivity contribution in [3.8, 4) is 0 Å². The van der Waals surface area contributed by atoms with Crippen LogP contribution in [-0.4, -0.2) is 21.9 Å². The van der Waals surface area contributed by atoms with E-state index in [-0.39, 0.29) is 17.0 Å². The first-order valence-electron chi connectivity index (χ1n) is 4.21. The third-order valence-corrected chi connectivity index (χ3v) is 1.58. The Morgan fingerprint density at radius 2 is 1.25 bits per heavy atom. The molecule has 0 aromatic carbocycles. The zero-order valence-electron chi connectivity index (χ0n) is 9.02. The highest BCUT2D eigenvalue weighted by atomic mass is 15.3. The molecule has 0 aliphatic carbocycles. The molecule has 0 unspecified atom stereocenters. The predicted octanol–water partition coefficient (Wildman–Crippen LogP) is 1.78. The van der Waals surface area contributed by atoms with Gasteiger partial charge < -0.3 is 10.6 Å². The molecule has 3 N–H and O–H groups in total. The van der Waals surface area contributed by atoms with Crippen LogP contribution < -0.4 is 5.73 Å². The van der Waals surface area contributed by atoms with Gasteiger partial charge >= 0.3 is 0 Å². The zero-order chi connectivity index (χ0) is 10.2. The summed E-state index contributed by atoms with van der Waals surface area (Å²) in [6, 6.07) is 0. The molecule has 0 aromatic heterocycles. The monoisotopic (exact) mass is 171 g/mol. The van der Waals surface area contributed by atoms with Gasteiger partial charge in [0.25, 0.3) is 0 Å². The Morgan fingerprint density at radius 3 is 1.25 bits per heavy atom. The van der Waals surface area contributed by atoms with Gasteiger partial charge in [-0.05, 0) is 41.5 Å². The fourth-order valence-electron chi connectivity index (χ4n) is 1.73. The molecule has 0 aromatic rings. The Morgan fingerprint density at radius 1 is 1.00 bits per heavy atom. The van der Waals surface area contributed by atoms with Gasteiger partial charge in [0.1, 0.15) is 0 Å². The van der Waals surface area contributed by atoms with Crippen LogP contribution in [0.15, 0.2) is 0 Å². The minimum atomic E-state index is -0.0932. The van der Waals surface area contributed by atoms with Gasteiger partial charge in [-0.25, -0.2) is 0 Å². The molecule has 72 valence electrons. The van der Waals surface area contributed by atoms with E-state index in [2.05, 4.69) is 41.5 Å². The Balaban J connectivity index is 4.82. The Bertz CT molecular complexity index is 157. The number of hydrogen-bond acceptors (Lipinski definition) is 1. The summed E-state index contributed by atoms with van der Waals surface area (Å²) >= 11 is 0. The molecule has 0 bridgehead atoms. The molecule has 12 heavy (non-hydrogen) atoms. The lowest BCUT2D eigenvalue weighted by Gasteiger charge is -2.45. The maximum Gasteiger partial charge on any atom is 0.189 e. The van der Waals surface area contributed by atoms with Crippen molar-refractivity contribution < 1.29 is 0 Å². The summed E-state index contributed by atoms with van der Waals surface area (Å²) in [5, 5.41) is 7.47. The van der Waals surface area contributed by atoms with E-state index >= 15 is 0 Å². The number of nitrogens with two attached hydrogens (primary N) is 1. The number of nitrogens with zero attached hydrogens (tertiary/aromatic N) is 1. The van der Waals surface area contributed by atoms with E-state index in [1.54, 1.807) is 0 Å². The van der Waals surface area contributed by atoms with Crippen molar-refractivity contribution in [1.82, 2.24) is 4.90 Å². The number of hydrogen-bond donors (Lipinski definition) is 2. The molecular formula is C9H21N3. The van der Waals surface area contributed by atoms with Crippen LogP contribution in [0, 0.1) is 5.41 Å². The second-order valence-electron chi connectivity index (χ2n) is 5.06. The molecule has 0 heterocycles. The van der Waals surface area contributed by atoms with Gasteiger partial charge in [0.15, 0.2) is 5.96 Å². The van der Waals surface area contributed by atoms with Crippen molar-refractivity contribution in [3.05, 3.63) is 0 Å². The van der Waals surface area contributed by atoms with Gasteiger partial charge in [-0.15, -0.1) is 0 Å². The lowest BCUT2D eigenvalue weighted by molar-refractivity contribution is 0.121. The molecule has 0 aliphatic heterocycles. The van der Waals surface area contributed by atoms with Gasteiger partial charge in [0, 0.05) is 11.1 Å². The molecule has 0 atom stereocenters. The maximum atomic E-state index is 7.47. The van der Waals surface area contributed by atoms with Crippen LogP contribution in [0.3, 0.4) is 0 Å². The lowest BCUT2D eigenvalue weighted by atomic mass is 9.97. The highest BCUT2D eigenvalue weighted by Crippen LogP contribution is 2.23. The predicted molar refractivity (Wildman–Crippen MR) is 53.3 cm³/mol. The molecule has 0 amide bonds. The fourth-order valence-corrected chi connectivity index (χ4v) is 1.73. The molecule has 0 radical (unpaired) electrons. The third-order valence-electron chi connectivity index (χ3n) is 1.58. The quantitative estimate of drug-likeness (QED) is 0.431. The van der Waals surface area contributed by atoms with E-state index in [9.17, 15) is 0 Å². The van der Waals surface area contributed by atoms with Crippen LogP contribution in [0.25, 0.3) is 0 Å². The SMILES string of the molecule is CC(C)(C)N(C(=N)N)C(C)(C)C. The lowest BCUT2D eigenvalue weighted by Crippen LogP contribution is -2.57. The summed E-state index contributed by atoms with van der Waals surface area (Å²) in [7, 11) is 0. The minimum absolute atomic E-state index is 0.0932. The number of rotatable bonds is 0. The summed E-state index contributed by atoms with van der Waals surface area (Å²) < 4.78 is 0. The van der Waals surface area contributed by atoms with Crippen LogP contribution in [0.4, 0.5) is 0 Å². The van der Waals surface area contributed by atoms with Crippen molar-refractivity contribution in [1.29, 1.82) is 5.41 Å². The minimum Gasteiger partial charge on any atom is -0.370 e. The molecule has 0 saturated heterocycles. The van der Waals surface area contributed by atoms with Gasteiger partial charge in [-0.3, -0.25) is 5.41 Å². The van der Waals surface area contributed by atoms with E-state index < -0.39 is 0 Å². The second-order valence-corrected chi connectivity index (χ2v) is 5.06. The summed E-state index contributed by atoms with van der Waals surface area (Å²) in [5.41, 5.74) is 5.33. The molecule has 3 nitrogen and oxygen atoms in total. The summed E-state index contributed by atoms with van der Waals surface area (Å²) in [6.45, 7) is 12.3. The summed E-state index contributed by atoms with van der Waals surface area (Å²) in [5.74, 6) is 0.134. The highest BCUT2D eigenvalue weighted by molar-refractivity contribution is 5.76. The van der Waals surface area contributed by atoms with Crippen molar-refractivity contribution in [2.75, 3.05) is 0 Å². The van der Waals surface area contributed by atoms with E-state index in [4.69, 9.17) is 11.1 Å². The largest absolute Gasteiger partial charge is 0.370 e. The molecule has 0 aliphatic rings. The average molecular weight is 171 g/mol. The summed E-state index contributed by atoms with van der Waals surface area (Å²) in [6.07, 6.45) is 0. The molecule has 0 saturated carbocycles. The van der Waals surface area contributed by atoms with Crippen LogP contribution in [0.1, 0.15) is 41.5 Å². The first-order valence-corrected chi connectivity index (χ1v) is 4.21. The van der Waals surface area contributed by atoms with Crippen LogP contribution in [0.2, 0.25) is 0 Å². The van der Waals surface area contributed by atoms with Crippen molar-refractivity contribution in [3.63, 3.8) is 0 Å². The molecule has 0 spiro atoms. The average Bonchev–Trinajstić information content (AvgIpc) is 1.49. The van der Waals surface area contributed by atoms with Crippen LogP contribution >= 0.6 is 0 Å². The highest BCUT2D eigenvalue weighted by Gasteiger charge is 2.32. The third kappa shape index (κ3) is 2.72. The van der Waals surface area contributed by atoms with Gasteiger partial charge in [-0.1, -0.05) is 0 Å². The molecule has 0 fully saturated rings. The van der Waals surface area contributed by atoms with Gasteiger partial charge in [-0.2, -0.15) is 0 Å². The smallest absolute Gasteiger partial charge is 0.189 e. The van der Waals surface area contributed by atoms with Gasteiger partial charge in [0.2, 0.25) is 0 Å². The Labute approximate surface area is 75.4 Å². The van der Waals surface area contributed by atoms with Crippen molar-refractivity contribution >= 4 is 5.96 Å². The Kier molecular flexibility index (Phi) is 2.78. The fraction of sp³-hybridized carbons (Fsp3) is 0.889. The second kappa shape index (κ2) is 2.96. The first-order chi connectivity index (χ1) is 5.07. The Hall–Kier alpha value is -0.730. The first kappa shape index (κ1) is 11.3. The maximum absolute atomic E-state index is 7.47. The zero-order valence-corrected chi connectivity index (χ0v) is 9.02. The van der Waals surface area contributed by atoms with E-state index in [0.717, 1.165) is 0 Å². The van der Waals surface area contributed by atoms with Crippen molar-refractivity contribution in [2.45, 2.75) is 52.6 Å². The van der Waals surface area contributed by atoms with Crippen LogP contribution in [-0.2, 0) is 0 Å². The normalized spacial score (nSPS) is 12.8. The standard InChI is InChI=1S/C9H21N3/c1-8(2,3)12(7(10)11)9(4,5)6/h1-6H3,(H3,10,11). The molecular weight excluding hydrogens is 150 g/mol. The number of nitrogens with one attached hydrogen (secondary N) is 1. The van der Waals surface area contributed by atoms with Crippen molar-refractivity contribution in [2.24, 2.45) is 5.73 Å². The molecule has 3 heteroatoms. The number of guanidine groups is 1. The van der Waals surface area contributed by atoms with E-state index in [1.165, 1.54) is 0 Å². The van der Waals surface area contributed by atoms with Gasteiger partial charge in [0.05, 0.1) is 0 Å². The summed E-state index contributed by atoms with van der Waals surface area (Å²) in [4.78, 5) is 1.90. The van der Waals surface area contributed by atoms with E-state index in [1.807, 2.05) is 4.90 Å². The molecule has 0 rings (SSSR count). The topological polar surface area (TPSA) is 53.1 Å². The van der Waals surface area contributed by atoms with E-state index in [0.29, 0.717) is 0 Å². The van der Waals surface area contributed by atoms with Crippen LogP contribution in [0.5, 0.6) is 0 Å².